The quantitative estimate of drug-likeness (QED) is 0.0439. The van der Waals surface area contributed by atoms with Gasteiger partial charge in [0, 0.05) is 17.4 Å². The summed E-state index contributed by atoms with van der Waals surface area (Å²) >= 11 is 0. The zero-order chi connectivity index (χ0) is 32.9. The smallest absolute Gasteiger partial charge is 0.333 e. The molecule has 248 valence electrons. The van der Waals surface area contributed by atoms with E-state index in [4.69, 9.17) is 14.2 Å². The molecule has 0 aliphatic heterocycles. The van der Waals surface area contributed by atoms with Crippen LogP contribution in [0.4, 0.5) is 0 Å². The van der Waals surface area contributed by atoms with E-state index >= 15 is 0 Å². The Hall–Kier alpha value is -2.63. The molecule has 0 fully saturated rings. The van der Waals surface area contributed by atoms with E-state index in [1.54, 1.807) is 26.2 Å². The summed E-state index contributed by atoms with van der Waals surface area (Å²) < 4.78 is 17.0. The lowest BCUT2D eigenvalue weighted by Gasteiger charge is -2.29. The molecule has 5 nitrogen and oxygen atoms in total. The van der Waals surface area contributed by atoms with Crippen LogP contribution in [0.2, 0.25) is 0 Å². The fourth-order valence-corrected chi connectivity index (χ4v) is 5.73. The number of methoxy groups -OCH3 is 1. The topological polar surface area (TPSA) is 65.0 Å². The highest BCUT2D eigenvalue weighted by Gasteiger charge is 2.24. The van der Waals surface area contributed by atoms with Gasteiger partial charge in [-0.3, -0.25) is 0 Å². The van der Waals surface area contributed by atoms with Gasteiger partial charge in [-0.1, -0.05) is 128 Å². The third-order valence-corrected chi connectivity index (χ3v) is 8.31. The molecule has 1 aromatic rings. The Morgan fingerprint density at radius 3 is 2.11 bits per heavy atom. The third kappa shape index (κ3) is 15.9. The molecule has 0 heterocycles. The summed E-state index contributed by atoms with van der Waals surface area (Å²) in [6.45, 7) is 18.7. The number of aliphatic hydroxyl groups is 1. The van der Waals surface area contributed by atoms with E-state index in [0.29, 0.717) is 18.1 Å². The minimum atomic E-state index is -0.709. The maximum atomic E-state index is 12.1. The van der Waals surface area contributed by atoms with Crippen LogP contribution in [0.3, 0.4) is 0 Å². The Morgan fingerprint density at radius 2 is 1.52 bits per heavy atom. The van der Waals surface area contributed by atoms with Gasteiger partial charge in [0.05, 0.1) is 25.9 Å². The van der Waals surface area contributed by atoms with Crippen molar-refractivity contribution in [1.82, 2.24) is 0 Å². The Morgan fingerprint density at radius 1 is 0.909 bits per heavy atom. The highest BCUT2D eigenvalue weighted by molar-refractivity contribution is 5.87. The van der Waals surface area contributed by atoms with Gasteiger partial charge in [0.15, 0.2) is 0 Å². The van der Waals surface area contributed by atoms with E-state index in [2.05, 4.69) is 52.5 Å². The first-order valence-corrected chi connectivity index (χ1v) is 16.8. The first-order valence-electron chi connectivity index (χ1n) is 16.8. The molecular weight excluding hydrogens is 548 g/mol. The number of allylic oxidation sites excluding steroid dienone is 2. The number of carbonyl (C=O) groups is 1. The molecule has 0 amide bonds. The number of unbranched alkanes of at least 4 members (excludes halogenated alkanes) is 7. The molecule has 44 heavy (non-hydrogen) atoms. The average Bonchev–Trinajstić information content (AvgIpc) is 3.00. The number of ether oxygens (including phenoxy) is 3. The van der Waals surface area contributed by atoms with Crippen molar-refractivity contribution in [2.75, 3.05) is 13.7 Å². The van der Waals surface area contributed by atoms with Crippen LogP contribution in [0.1, 0.15) is 112 Å². The van der Waals surface area contributed by atoms with Crippen LogP contribution in [-0.4, -0.2) is 37.0 Å². The molecule has 0 bridgehead atoms. The summed E-state index contributed by atoms with van der Waals surface area (Å²) in [6, 6.07) is 8.08. The molecule has 5 heteroatoms. The van der Waals surface area contributed by atoms with E-state index in [-0.39, 0.29) is 24.5 Å². The molecule has 1 aromatic carbocycles. The normalized spacial score (nSPS) is 16.2. The Kier molecular flexibility index (Phi) is 20.4. The lowest BCUT2D eigenvalue weighted by Crippen LogP contribution is -2.28. The molecule has 0 saturated heterocycles. The van der Waals surface area contributed by atoms with Crippen molar-refractivity contribution in [3.8, 4) is 5.75 Å². The molecule has 0 aliphatic rings. The zero-order valence-corrected chi connectivity index (χ0v) is 29.1. The van der Waals surface area contributed by atoms with E-state index in [1.807, 2.05) is 32.1 Å². The summed E-state index contributed by atoms with van der Waals surface area (Å²) in [5.41, 5.74) is 3.55. The van der Waals surface area contributed by atoms with Crippen LogP contribution in [0.15, 0.2) is 71.9 Å². The van der Waals surface area contributed by atoms with Gasteiger partial charge < -0.3 is 19.3 Å². The minimum absolute atomic E-state index is 0.0707. The van der Waals surface area contributed by atoms with Gasteiger partial charge in [0.2, 0.25) is 0 Å². The maximum absolute atomic E-state index is 12.1. The van der Waals surface area contributed by atoms with Crippen molar-refractivity contribution in [3.05, 3.63) is 77.4 Å². The second-order valence-electron chi connectivity index (χ2n) is 12.6. The van der Waals surface area contributed by atoms with Crippen LogP contribution in [0.25, 0.3) is 0 Å². The van der Waals surface area contributed by atoms with Crippen molar-refractivity contribution < 1.29 is 24.1 Å². The summed E-state index contributed by atoms with van der Waals surface area (Å²) in [5, 5.41) is 11.0. The van der Waals surface area contributed by atoms with Gasteiger partial charge in [-0.25, -0.2) is 4.79 Å². The molecule has 1 rings (SSSR count). The standard InChI is InChI=1S/C39H62O5/c1-10-12-13-14-15-16-17-18-19-30(4)38(44-28-35-20-22-36(42-9)23-21-35)33(7)26-29(3)25-31(5)37(40)32(6)27-34(8)39(41)43-24-11-2/h11,20-23,25-27,30,32-33,37-38,40H,2,10,12-19,24,28H2,1,3-9H3/b29-26+,31-25+,34-27+/t30-,32+,33-,37+,38+/m0/s1. The van der Waals surface area contributed by atoms with E-state index in [1.165, 1.54) is 51.4 Å². The molecule has 0 aromatic heterocycles. The lowest BCUT2D eigenvalue weighted by atomic mass is 9.87. The van der Waals surface area contributed by atoms with Crippen LogP contribution < -0.4 is 4.74 Å². The van der Waals surface area contributed by atoms with Gasteiger partial charge >= 0.3 is 5.97 Å². The van der Waals surface area contributed by atoms with E-state index in [9.17, 15) is 9.90 Å². The summed E-state index contributed by atoms with van der Waals surface area (Å²) in [7, 11) is 1.68. The highest BCUT2D eigenvalue weighted by Crippen LogP contribution is 2.27. The van der Waals surface area contributed by atoms with Crippen molar-refractivity contribution in [2.24, 2.45) is 17.8 Å². The number of hydrogen-bond donors (Lipinski definition) is 1. The van der Waals surface area contributed by atoms with E-state index in [0.717, 1.165) is 28.9 Å². The SMILES string of the molecule is C=CCOC(=O)/C(C)=C/[C@@H](C)[C@H](O)/C(C)=C/C(C)=C/[C@H](C)[C@H](OCc1ccc(OC)cc1)[C@@H](C)CCCCCCCCCC. The van der Waals surface area contributed by atoms with Crippen LogP contribution >= 0.6 is 0 Å². The molecule has 0 saturated carbocycles. The van der Waals surface area contributed by atoms with Gasteiger partial charge in [0.1, 0.15) is 12.4 Å². The molecule has 0 unspecified atom stereocenters. The second kappa shape index (κ2) is 22.8. The average molecular weight is 611 g/mol. The molecule has 5 atom stereocenters. The second-order valence-corrected chi connectivity index (χ2v) is 12.6. The molecule has 1 N–H and O–H groups in total. The summed E-state index contributed by atoms with van der Waals surface area (Å²) in [4.78, 5) is 12.1. The van der Waals surface area contributed by atoms with Crippen molar-refractivity contribution in [2.45, 2.75) is 125 Å². The lowest BCUT2D eigenvalue weighted by molar-refractivity contribution is -0.137. The summed E-state index contributed by atoms with van der Waals surface area (Å²) in [6.07, 6.45) is 18.7. The van der Waals surface area contributed by atoms with Crippen LogP contribution in [0.5, 0.6) is 5.75 Å². The fourth-order valence-electron chi connectivity index (χ4n) is 5.73. The van der Waals surface area contributed by atoms with Crippen molar-refractivity contribution in [1.29, 1.82) is 0 Å². The van der Waals surface area contributed by atoms with Crippen LogP contribution in [-0.2, 0) is 20.9 Å². The minimum Gasteiger partial charge on any atom is -0.497 e. The van der Waals surface area contributed by atoms with Gasteiger partial charge in [-0.05, 0) is 56.4 Å². The number of hydrogen-bond acceptors (Lipinski definition) is 5. The molecular formula is C39H62O5. The monoisotopic (exact) mass is 610 g/mol. The largest absolute Gasteiger partial charge is 0.497 e. The number of carbonyl (C=O) groups excluding carboxylic acids is 1. The van der Waals surface area contributed by atoms with Crippen molar-refractivity contribution in [3.63, 3.8) is 0 Å². The zero-order valence-electron chi connectivity index (χ0n) is 29.1. The maximum Gasteiger partial charge on any atom is 0.333 e. The highest BCUT2D eigenvalue weighted by atomic mass is 16.5. The fraction of sp³-hybridized carbons (Fsp3) is 0.615. The molecule has 0 spiro atoms. The summed E-state index contributed by atoms with van der Waals surface area (Å²) in [5.74, 6) is 0.823. The first kappa shape index (κ1) is 39.4. The first-order chi connectivity index (χ1) is 21.0. The van der Waals surface area contributed by atoms with E-state index < -0.39 is 12.1 Å². The predicted octanol–water partition coefficient (Wildman–Crippen LogP) is 9.95. The Bertz CT molecular complexity index is 1040. The number of aliphatic hydroxyl groups excluding tert-OH is 1. The Balaban J connectivity index is 2.93. The van der Waals surface area contributed by atoms with Gasteiger partial charge in [-0.2, -0.15) is 0 Å². The number of esters is 1. The number of rotatable bonds is 23. The number of benzene rings is 1. The Labute approximate surface area is 269 Å². The predicted molar refractivity (Wildman–Crippen MR) is 185 cm³/mol. The molecule has 0 radical (unpaired) electrons. The van der Waals surface area contributed by atoms with Crippen LogP contribution in [0, 0.1) is 17.8 Å². The third-order valence-electron chi connectivity index (χ3n) is 8.31. The van der Waals surface area contributed by atoms with Gasteiger partial charge in [0.25, 0.3) is 0 Å². The van der Waals surface area contributed by atoms with Crippen molar-refractivity contribution >= 4 is 5.97 Å². The molecule has 0 aliphatic carbocycles. The van der Waals surface area contributed by atoms with Gasteiger partial charge in [-0.15, -0.1) is 0 Å².